The van der Waals surface area contributed by atoms with Gasteiger partial charge in [-0.2, -0.15) is 22.8 Å². The number of rotatable bonds is 5. The lowest BCUT2D eigenvalue weighted by atomic mass is 10.0. The van der Waals surface area contributed by atoms with Crippen molar-refractivity contribution >= 4 is 11.4 Å². The molecule has 2 N–H and O–H groups in total. The topological polar surface area (TPSA) is 81.5 Å². The maximum atomic E-state index is 12.8. The molecule has 0 spiro atoms. The number of aryl methyl sites for hydroxylation is 1. The van der Waals surface area contributed by atoms with Gasteiger partial charge in [-0.15, -0.1) is 10.2 Å². The van der Waals surface area contributed by atoms with Crippen LogP contribution >= 0.6 is 0 Å². The lowest BCUT2D eigenvalue weighted by molar-refractivity contribution is -0.137. The molecule has 30 heavy (non-hydrogen) atoms. The predicted molar refractivity (Wildman–Crippen MR) is 107 cm³/mol. The SMILES string of the molecule is CCN=C(/C=C(\N)C1CC1c1ccc(C(F)(F)F)cc1)c1ccc2nnc(C)n2n1. The van der Waals surface area contributed by atoms with E-state index in [2.05, 4.69) is 20.3 Å². The third-order valence-electron chi connectivity index (χ3n) is 5.20. The second-order valence-electron chi connectivity index (χ2n) is 7.31. The van der Waals surface area contributed by atoms with Crippen LogP contribution in [0.3, 0.4) is 0 Å². The van der Waals surface area contributed by atoms with Gasteiger partial charge in [0.05, 0.1) is 11.3 Å². The maximum absolute atomic E-state index is 12.8. The summed E-state index contributed by atoms with van der Waals surface area (Å²) in [6.07, 6.45) is -1.72. The first-order valence-electron chi connectivity index (χ1n) is 9.66. The molecule has 3 aromatic rings. The van der Waals surface area contributed by atoms with E-state index in [1.165, 1.54) is 12.1 Å². The second kappa shape index (κ2) is 7.55. The second-order valence-corrected chi connectivity index (χ2v) is 7.31. The highest BCUT2D eigenvalue weighted by Gasteiger charge is 2.40. The molecular formula is C21H21F3N6. The van der Waals surface area contributed by atoms with E-state index in [1.807, 2.05) is 32.1 Å². The van der Waals surface area contributed by atoms with Crippen molar-refractivity contribution < 1.29 is 13.2 Å². The van der Waals surface area contributed by atoms with Crippen molar-refractivity contribution in [1.82, 2.24) is 19.8 Å². The summed E-state index contributed by atoms with van der Waals surface area (Å²) in [5.74, 6) is 0.857. The van der Waals surface area contributed by atoms with Gasteiger partial charge < -0.3 is 5.73 Å². The number of halogens is 3. The number of aliphatic imine (C=N–C) groups is 1. The van der Waals surface area contributed by atoms with Gasteiger partial charge in [-0.1, -0.05) is 12.1 Å². The third kappa shape index (κ3) is 3.92. The molecule has 1 aliphatic carbocycles. The highest BCUT2D eigenvalue weighted by molar-refractivity contribution is 6.07. The standard InChI is InChI=1S/C21H21F3N6/c1-3-26-19(18-8-9-20-28-27-12(2)30(20)29-18)11-17(25)16-10-15(16)13-4-6-14(7-5-13)21(22,23)24/h4-9,11,15-16H,3,10,25H2,1-2H3/b17-11-,26-19?. The van der Waals surface area contributed by atoms with E-state index in [4.69, 9.17) is 5.73 Å². The molecule has 2 atom stereocenters. The molecule has 2 unspecified atom stereocenters. The molecular weight excluding hydrogens is 393 g/mol. The number of alkyl halides is 3. The number of hydrogen-bond donors (Lipinski definition) is 1. The first kappa shape index (κ1) is 20.1. The first-order valence-corrected chi connectivity index (χ1v) is 9.66. The molecule has 2 aromatic heterocycles. The average molecular weight is 414 g/mol. The lowest BCUT2D eigenvalue weighted by Gasteiger charge is -2.08. The molecule has 1 saturated carbocycles. The van der Waals surface area contributed by atoms with E-state index in [9.17, 15) is 13.2 Å². The van der Waals surface area contributed by atoms with Gasteiger partial charge in [0.1, 0.15) is 5.69 Å². The van der Waals surface area contributed by atoms with Crippen molar-refractivity contribution in [3.05, 3.63) is 70.8 Å². The van der Waals surface area contributed by atoms with E-state index in [0.717, 1.165) is 24.1 Å². The molecule has 4 rings (SSSR count). The number of nitrogens with two attached hydrogens (primary N) is 1. The minimum atomic E-state index is -4.33. The van der Waals surface area contributed by atoms with Gasteiger partial charge in [0.25, 0.3) is 0 Å². The van der Waals surface area contributed by atoms with Crippen LogP contribution in [0.4, 0.5) is 13.2 Å². The Morgan fingerprint density at radius 1 is 1.20 bits per heavy atom. The summed E-state index contributed by atoms with van der Waals surface area (Å²) in [5.41, 5.74) is 9.16. The Bertz CT molecular complexity index is 1130. The van der Waals surface area contributed by atoms with E-state index < -0.39 is 11.7 Å². The van der Waals surface area contributed by atoms with Gasteiger partial charge in [-0.3, -0.25) is 4.99 Å². The number of nitrogens with zero attached hydrogens (tertiary/aromatic N) is 5. The average Bonchev–Trinajstić information content (AvgIpc) is 3.44. The van der Waals surface area contributed by atoms with Crippen LogP contribution in [0.15, 0.2) is 53.2 Å². The number of aromatic nitrogens is 4. The summed E-state index contributed by atoms with van der Waals surface area (Å²) >= 11 is 0. The molecule has 1 aromatic carbocycles. The molecule has 1 aliphatic rings. The highest BCUT2D eigenvalue weighted by Crippen LogP contribution is 2.50. The number of fused-ring (bicyclic) bond motifs is 1. The van der Waals surface area contributed by atoms with Crippen LogP contribution in [0.5, 0.6) is 0 Å². The zero-order valence-corrected chi connectivity index (χ0v) is 16.6. The maximum Gasteiger partial charge on any atom is 0.416 e. The van der Waals surface area contributed by atoms with Gasteiger partial charge in [-0.05, 0) is 62.1 Å². The summed E-state index contributed by atoms with van der Waals surface area (Å²) in [5, 5.41) is 12.6. The summed E-state index contributed by atoms with van der Waals surface area (Å²) in [4.78, 5) is 4.52. The Morgan fingerprint density at radius 3 is 2.60 bits per heavy atom. The van der Waals surface area contributed by atoms with Gasteiger partial charge in [0.2, 0.25) is 0 Å². The Morgan fingerprint density at radius 2 is 1.93 bits per heavy atom. The van der Waals surface area contributed by atoms with E-state index in [1.54, 1.807) is 4.52 Å². The Hall–Kier alpha value is -3.23. The van der Waals surface area contributed by atoms with Crippen LogP contribution in [0.25, 0.3) is 5.65 Å². The highest BCUT2D eigenvalue weighted by atomic mass is 19.4. The zero-order valence-electron chi connectivity index (χ0n) is 16.6. The number of allylic oxidation sites excluding steroid dienone is 2. The Balaban J connectivity index is 1.55. The number of hydrogen-bond acceptors (Lipinski definition) is 5. The van der Waals surface area contributed by atoms with Crippen molar-refractivity contribution in [1.29, 1.82) is 0 Å². The molecule has 6 nitrogen and oxygen atoms in total. The predicted octanol–water partition coefficient (Wildman–Crippen LogP) is 3.91. The molecule has 0 saturated heterocycles. The van der Waals surface area contributed by atoms with E-state index >= 15 is 0 Å². The van der Waals surface area contributed by atoms with Gasteiger partial charge in [-0.25, -0.2) is 0 Å². The monoisotopic (exact) mass is 414 g/mol. The van der Waals surface area contributed by atoms with Gasteiger partial charge in [0, 0.05) is 18.2 Å². The molecule has 2 heterocycles. The van der Waals surface area contributed by atoms with Crippen molar-refractivity contribution in [2.75, 3.05) is 6.54 Å². The van der Waals surface area contributed by atoms with Gasteiger partial charge >= 0.3 is 6.18 Å². The van der Waals surface area contributed by atoms with Crippen LogP contribution in [0.1, 0.15) is 41.9 Å². The molecule has 0 bridgehead atoms. The fourth-order valence-corrected chi connectivity index (χ4v) is 3.52. The molecule has 0 radical (unpaired) electrons. The minimum absolute atomic E-state index is 0.0733. The quantitative estimate of drug-likeness (QED) is 0.642. The fraction of sp³-hybridized carbons (Fsp3) is 0.333. The van der Waals surface area contributed by atoms with Crippen molar-refractivity contribution in [2.24, 2.45) is 16.6 Å². The largest absolute Gasteiger partial charge is 0.416 e. The smallest absolute Gasteiger partial charge is 0.402 e. The Kier molecular flexibility index (Phi) is 5.05. The van der Waals surface area contributed by atoms with Crippen LogP contribution in [0.2, 0.25) is 0 Å². The van der Waals surface area contributed by atoms with Crippen LogP contribution in [0, 0.1) is 12.8 Å². The van der Waals surface area contributed by atoms with Crippen LogP contribution in [-0.2, 0) is 6.18 Å². The zero-order chi connectivity index (χ0) is 21.5. The third-order valence-corrected chi connectivity index (χ3v) is 5.20. The molecule has 156 valence electrons. The Labute approximate surface area is 171 Å². The summed E-state index contributed by atoms with van der Waals surface area (Å²) in [7, 11) is 0. The summed E-state index contributed by atoms with van der Waals surface area (Å²) in [6, 6.07) is 8.95. The van der Waals surface area contributed by atoms with Crippen molar-refractivity contribution in [3.8, 4) is 0 Å². The van der Waals surface area contributed by atoms with Crippen molar-refractivity contribution in [3.63, 3.8) is 0 Å². The molecule has 9 heteroatoms. The molecule has 0 amide bonds. The van der Waals surface area contributed by atoms with Crippen LogP contribution in [-0.4, -0.2) is 32.1 Å². The minimum Gasteiger partial charge on any atom is -0.402 e. The van der Waals surface area contributed by atoms with Gasteiger partial charge in [0.15, 0.2) is 11.5 Å². The first-order chi connectivity index (χ1) is 14.3. The molecule has 1 fully saturated rings. The summed E-state index contributed by atoms with van der Waals surface area (Å²) in [6.45, 7) is 4.30. The van der Waals surface area contributed by atoms with E-state index in [0.29, 0.717) is 35.1 Å². The van der Waals surface area contributed by atoms with Crippen LogP contribution < -0.4 is 5.73 Å². The fourth-order valence-electron chi connectivity index (χ4n) is 3.52. The lowest BCUT2D eigenvalue weighted by Crippen LogP contribution is -2.10. The molecule has 0 aliphatic heterocycles. The normalized spacial score (nSPS) is 20.0. The number of benzene rings is 1. The van der Waals surface area contributed by atoms with Crippen molar-refractivity contribution in [2.45, 2.75) is 32.4 Å². The van der Waals surface area contributed by atoms with E-state index in [-0.39, 0.29) is 11.8 Å². The summed E-state index contributed by atoms with van der Waals surface area (Å²) < 4.78 is 39.9.